The Bertz CT molecular complexity index is 321. The Morgan fingerprint density at radius 3 is 2.11 bits per heavy atom. The summed E-state index contributed by atoms with van der Waals surface area (Å²) < 4.78 is 0. The van der Waals surface area contributed by atoms with Gasteiger partial charge in [0, 0.05) is 25.0 Å². The number of hydrogen-bond acceptors (Lipinski definition) is 2. The third kappa shape index (κ3) is 3.31. The fourth-order valence-electron chi connectivity index (χ4n) is 4.10. The van der Waals surface area contributed by atoms with Gasteiger partial charge in [-0.25, -0.2) is 0 Å². The quantitative estimate of drug-likeness (QED) is 0.792. The van der Waals surface area contributed by atoms with E-state index in [1.54, 1.807) is 0 Å². The number of carbonyl (C=O) groups is 1. The summed E-state index contributed by atoms with van der Waals surface area (Å²) in [4.78, 5) is 14.9. The van der Waals surface area contributed by atoms with Crippen molar-refractivity contribution < 1.29 is 4.79 Å². The predicted octanol–water partition coefficient (Wildman–Crippen LogP) is 2.50. The smallest absolute Gasteiger partial charge is 0.226 e. The molecule has 2 N–H and O–H groups in total. The number of piperidine rings is 1. The first-order chi connectivity index (χ1) is 8.88. The summed E-state index contributed by atoms with van der Waals surface area (Å²) in [7, 11) is 0. The summed E-state index contributed by atoms with van der Waals surface area (Å²) in [6.45, 7) is 10.8. The SMILES string of the molecule is CC1CC(C)CN(C(=O)C2CC(N)C(C)CC2C)C1. The fraction of sp³-hybridized carbons (Fsp3) is 0.938. The van der Waals surface area contributed by atoms with Gasteiger partial charge in [-0.05, 0) is 42.9 Å². The van der Waals surface area contributed by atoms with Gasteiger partial charge >= 0.3 is 0 Å². The molecule has 2 rings (SSSR count). The molecular formula is C16H30N2O. The van der Waals surface area contributed by atoms with E-state index in [9.17, 15) is 4.79 Å². The lowest BCUT2D eigenvalue weighted by Gasteiger charge is -2.41. The van der Waals surface area contributed by atoms with Gasteiger partial charge in [-0.2, -0.15) is 0 Å². The molecule has 110 valence electrons. The zero-order valence-electron chi connectivity index (χ0n) is 12.9. The highest BCUT2D eigenvalue weighted by molar-refractivity contribution is 5.79. The second-order valence-corrected chi connectivity index (χ2v) is 7.39. The minimum Gasteiger partial charge on any atom is -0.342 e. The lowest BCUT2D eigenvalue weighted by atomic mass is 9.72. The molecule has 1 aliphatic heterocycles. The van der Waals surface area contributed by atoms with E-state index in [1.807, 2.05) is 0 Å². The van der Waals surface area contributed by atoms with E-state index in [-0.39, 0.29) is 12.0 Å². The van der Waals surface area contributed by atoms with Gasteiger partial charge in [-0.15, -0.1) is 0 Å². The Balaban J connectivity index is 2.02. The van der Waals surface area contributed by atoms with Crippen molar-refractivity contribution in [2.45, 2.75) is 53.0 Å². The third-order valence-electron chi connectivity index (χ3n) is 5.19. The van der Waals surface area contributed by atoms with Gasteiger partial charge in [0.2, 0.25) is 5.91 Å². The van der Waals surface area contributed by atoms with Crippen LogP contribution in [-0.4, -0.2) is 29.9 Å². The summed E-state index contributed by atoms with van der Waals surface area (Å²) >= 11 is 0. The van der Waals surface area contributed by atoms with E-state index < -0.39 is 0 Å². The van der Waals surface area contributed by atoms with Gasteiger partial charge in [0.05, 0.1) is 0 Å². The van der Waals surface area contributed by atoms with Crippen LogP contribution in [-0.2, 0) is 4.79 Å². The number of carbonyl (C=O) groups excluding carboxylic acids is 1. The molecule has 0 bridgehead atoms. The number of likely N-dealkylation sites (tertiary alicyclic amines) is 1. The van der Waals surface area contributed by atoms with Crippen LogP contribution >= 0.6 is 0 Å². The van der Waals surface area contributed by atoms with E-state index in [2.05, 4.69) is 32.6 Å². The minimum absolute atomic E-state index is 0.156. The van der Waals surface area contributed by atoms with Gasteiger partial charge in [0.15, 0.2) is 0 Å². The zero-order valence-corrected chi connectivity index (χ0v) is 12.9. The monoisotopic (exact) mass is 266 g/mol. The Morgan fingerprint density at radius 1 is 0.947 bits per heavy atom. The minimum atomic E-state index is 0.156. The van der Waals surface area contributed by atoms with Crippen LogP contribution in [0.25, 0.3) is 0 Å². The Morgan fingerprint density at radius 2 is 1.53 bits per heavy atom. The molecule has 6 atom stereocenters. The molecule has 0 aromatic rings. The number of nitrogens with zero attached hydrogens (tertiary/aromatic N) is 1. The maximum absolute atomic E-state index is 12.8. The average Bonchev–Trinajstić information content (AvgIpc) is 2.31. The van der Waals surface area contributed by atoms with Gasteiger partial charge < -0.3 is 10.6 Å². The largest absolute Gasteiger partial charge is 0.342 e. The highest BCUT2D eigenvalue weighted by Crippen LogP contribution is 2.35. The second kappa shape index (κ2) is 5.82. The molecule has 2 aliphatic rings. The molecular weight excluding hydrogens is 236 g/mol. The standard InChI is InChI=1S/C16H30N2O/c1-10-5-11(2)9-18(8-10)16(19)14-7-15(17)13(4)6-12(14)3/h10-15H,5-9,17H2,1-4H3. The fourth-order valence-corrected chi connectivity index (χ4v) is 4.10. The lowest BCUT2D eigenvalue weighted by Crippen LogP contribution is -2.50. The molecule has 0 aromatic heterocycles. The van der Waals surface area contributed by atoms with Crippen molar-refractivity contribution in [1.29, 1.82) is 0 Å². The molecule has 1 heterocycles. The van der Waals surface area contributed by atoms with Crippen molar-refractivity contribution in [3.63, 3.8) is 0 Å². The molecule has 3 heteroatoms. The van der Waals surface area contributed by atoms with Crippen molar-refractivity contribution in [3.8, 4) is 0 Å². The van der Waals surface area contributed by atoms with Crippen LogP contribution in [0.2, 0.25) is 0 Å². The van der Waals surface area contributed by atoms with Crippen molar-refractivity contribution in [3.05, 3.63) is 0 Å². The summed E-state index contributed by atoms with van der Waals surface area (Å²) in [5, 5.41) is 0. The molecule has 19 heavy (non-hydrogen) atoms. The topological polar surface area (TPSA) is 46.3 Å². The molecule has 1 amide bonds. The van der Waals surface area contributed by atoms with E-state index >= 15 is 0 Å². The third-order valence-corrected chi connectivity index (χ3v) is 5.19. The number of nitrogens with two attached hydrogens (primary N) is 1. The van der Waals surface area contributed by atoms with Crippen LogP contribution in [0.5, 0.6) is 0 Å². The first-order valence-corrected chi connectivity index (χ1v) is 7.92. The molecule has 0 radical (unpaired) electrons. The molecule has 1 saturated heterocycles. The van der Waals surface area contributed by atoms with E-state index in [4.69, 9.17) is 5.73 Å². The predicted molar refractivity (Wildman–Crippen MR) is 78.6 cm³/mol. The van der Waals surface area contributed by atoms with Gasteiger partial charge in [0.1, 0.15) is 0 Å². The zero-order chi connectivity index (χ0) is 14.2. The molecule has 0 aromatic carbocycles. The van der Waals surface area contributed by atoms with Gasteiger partial charge in [-0.3, -0.25) is 4.79 Å². The average molecular weight is 266 g/mol. The molecule has 1 saturated carbocycles. The second-order valence-electron chi connectivity index (χ2n) is 7.39. The number of hydrogen-bond donors (Lipinski definition) is 1. The maximum atomic E-state index is 12.8. The van der Waals surface area contributed by atoms with Crippen LogP contribution in [0.15, 0.2) is 0 Å². The van der Waals surface area contributed by atoms with Crippen LogP contribution in [0.1, 0.15) is 47.0 Å². The summed E-state index contributed by atoms with van der Waals surface area (Å²) in [6.07, 6.45) is 3.22. The Labute approximate surface area is 117 Å². The first kappa shape index (κ1) is 14.8. The van der Waals surface area contributed by atoms with Crippen LogP contribution in [0.3, 0.4) is 0 Å². The lowest BCUT2D eigenvalue weighted by molar-refractivity contribution is -0.141. The van der Waals surface area contributed by atoms with Crippen molar-refractivity contribution in [1.82, 2.24) is 4.90 Å². The number of rotatable bonds is 1. The van der Waals surface area contributed by atoms with Gasteiger partial charge in [0.25, 0.3) is 0 Å². The normalized spacial score (nSPS) is 44.2. The molecule has 6 unspecified atom stereocenters. The summed E-state index contributed by atoms with van der Waals surface area (Å²) in [5.74, 6) is 2.84. The van der Waals surface area contributed by atoms with E-state index in [1.165, 1.54) is 6.42 Å². The van der Waals surface area contributed by atoms with Crippen molar-refractivity contribution in [2.24, 2.45) is 35.3 Å². The van der Waals surface area contributed by atoms with Crippen LogP contribution in [0, 0.1) is 29.6 Å². The highest BCUT2D eigenvalue weighted by Gasteiger charge is 2.38. The van der Waals surface area contributed by atoms with Gasteiger partial charge in [-0.1, -0.05) is 27.7 Å². The van der Waals surface area contributed by atoms with E-state index in [0.717, 1.165) is 25.9 Å². The Hall–Kier alpha value is -0.570. The highest BCUT2D eigenvalue weighted by atomic mass is 16.2. The molecule has 0 spiro atoms. The van der Waals surface area contributed by atoms with Crippen molar-refractivity contribution in [2.75, 3.05) is 13.1 Å². The van der Waals surface area contributed by atoms with Crippen LogP contribution in [0.4, 0.5) is 0 Å². The van der Waals surface area contributed by atoms with Crippen molar-refractivity contribution >= 4 is 5.91 Å². The molecule has 1 aliphatic carbocycles. The first-order valence-electron chi connectivity index (χ1n) is 7.92. The molecule has 2 fully saturated rings. The maximum Gasteiger partial charge on any atom is 0.226 e. The molecule has 3 nitrogen and oxygen atoms in total. The number of amides is 1. The summed E-state index contributed by atoms with van der Waals surface area (Å²) in [5.41, 5.74) is 6.18. The van der Waals surface area contributed by atoms with E-state index in [0.29, 0.717) is 29.6 Å². The van der Waals surface area contributed by atoms with Crippen LogP contribution < -0.4 is 5.73 Å². The summed E-state index contributed by atoms with van der Waals surface area (Å²) in [6, 6.07) is 0.199. The Kier molecular flexibility index (Phi) is 4.54.